The van der Waals surface area contributed by atoms with E-state index in [4.69, 9.17) is 4.74 Å². The number of hydrogen-bond donors (Lipinski definition) is 1. The predicted octanol–water partition coefficient (Wildman–Crippen LogP) is 0.580. The first kappa shape index (κ1) is 16.9. The van der Waals surface area contributed by atoms with Crippen LogP contribution in [0, 0.1) is 11.8 Å². The zero-order chi connectivity index (χ0) is 18.3. The van der Waals surface area contributed by atoms with E-state index in [0.717, 1.165) is 11.3 Å². The van der Waals surface area contributed by atoms with Gasteiger partial charge in [-0.05, 0) is 23.8 Å². The van der Waals surface area contributed by atoms with Crippen molar-refractivity contribution in [3.63, 3.8) is 0 Å². The highest BCUT2D eigenvalue weighted by Gasteiger charge is 2.56. The Morgan fingerprint density at radius 2 is 2.08 bits per heavy atom. The third kappa shape index (κ3) is 2.55. The van der Waals surface area contributed by atoms with Crippen LogP contribution >= 0.6 is 0 Å². The van der Waals surface area contributed by atoms with E-state index in [1.54, 1.807) is 23.0 Å². The van der Waals surface area contributed by atoms with E-state index in [1.165, 1.54) is 13.2 Å². The highest BCUT2D eigenvalue weighted by Crippen LogP contribution is 2.49. The molecule has 136 valence electrons. The highest BCUT2D eigenvalue weighted by atomic mass is 16.5. The Labute approximate surface area is 150 Å². The minimum absolute atomic E-state index is 0.0803. The molecule has 1 fully saturated rings. The van der Waals surface area contributed by atoms with Gasteiger partial charge in [-0.15, -0.1) is 0 Å². The number of esters is 1. The molecule has 2 bridgehead atoms. The van der Waals surface area contributed by atoms with Crippen LogP contribution in [0.3, 0.4) is 0 Å². The molecule has 2 aromatic heterocycles. The van der Waals surface area contributed by atoms with Crippen LogP contribution in [-0.4, -0.2) is 45.3 Å². The summed E-state index contributed by atoms with van der Waals surface area (Å²) in [6, 6.07) is 8.59. The molecule has 7 nitrogen and oxygen atoms in total. The molecule has 2 aromatic rings. The maximum absolute atomic E-state index is 12.6. The van der Waals surface area contributed by atoms with Gasteiger partial charge in [0, 0.05) is 55.8 Å². The first-order chi connectivity index (χ1) is 12.7. The number of carbonyl (C=O) groups excluding carboxylic acids is 1. The Morgan fingerprint density at radius 1 is 1.31 bits per heavy atom. The van der Waals surface area contributed by atoms with Gasteiger partial charge in [-0.25, -0.2) is 0 Å². The SMILES string of the molecule is COC(=O)[C@H]1[C@H](CO)[C@H]2Cn3c(cccc3=O)[C@@H]1N2Cc1ccncc1. The third-order valence-electron chi connectivity index (χ3n) is 5.63. The predicted molar refractivity (Wildman–Crippen MR) is 93.1 cm³/mol. The number of hydrogen-bond acceptors (Lipinski definition) is 6. The fourth-order valence-electron chi connectivity index (χ4n) is 4.49. The molecule has 0 spiro atoms. The van der Waals surface area contributed by atoms with Crippen LogP contribution < -0.4 is 5.56 Å². The summed E-state index contributed by atoms with van der Waals surface area (Å²) in [6.45, 7) is 0.941. The molecule has 4 atom stereocenters. The first-order valence-corrected chi connectivity index (χ1v) is 8.68. The minimum atomic E-state index is -0.507. The lowest BCUT2D eigenvalue weighted by Crippen LogP contribution is -2.45. The quantitative estimate of drug-likeness (QED) is 0.808. The molecule has 1 saturated heterocycles. The number of ether oxygens (including phenoxy) is 1. The number of nitrogens with zero attached hydrogens (tertiary/aromatic N) is 3. The molecule has 0 amide bonds. The molecular formula is C19H21N3O4. The van der Waals surface area contributed by atoms with Crippen LogP contribution in [0.2, 0.25) is 0 Å². The van der Waals surface area contributed by atoms with Gasteiger partial charge in [0.15, 0.2) is 0 Å². The molecule has 0 aromatic carbocycles. The number of rotatable bonds is 4. The van der Waals surface area contributed by atoms with Crippen LogP contribution in [0.5, 0.6) is 0 Å². The van der Waals surface area contributed by atoms with E-state index >= 15 is 0 Å². The van der Waals surface area contributed by atoms with E-state index in [1.807, 2.05) is 18.2 Å². The number of aromatic nitrogens is 2. The molecule has 4 rings (SSSR count). The van der Waals surface area contributed by atoms with Gasteiger partial charge >= 0.3 is 5.97 Å². The molecular weight excluding hydrogens is 334 g/mol. The van der Waals surface area contributed by atoms with Crippen molar-refractivity contribution < 1.29 is 14.6 Å². The van der Waals surface area contributed by atoms with Crippen molar-refractivity contribution in [3.8, 4) is 0 Å². The Hall–Kier alpha value is -2.51. The van der Waals surface area contributed by atoms with E-state index in [-0.39, 0.29) is 36.1 Å². The topological polar surface area (TPSA) is 84.7 Å². The largest absolute Gasteiger partial charge is 0.469 e. The summed E-state index contributed by atoms with van der Waals surface area (Å²) in [5.74, 6) is -1.14. The Bertz CT molecular complexity index is 867. The van der Waals surface area contributed by atoms with Gasteiger partial charge in [-0.1, -0.05) is 6.07 Å². The second-order valence-corrected chi connectivity index (χ2v) is 6.83. The lowest BCUT2D eigenvalue weighted by Gasteiger charge is -2.38. The summed E-state index contributed by atoms with van der Waals surface area (Å²) in [4.78, 5) is 31.2. The van der Waals surface area contributed by atoms with E-state index < -0.39 is 5.92 Å². The summed E-state index contributed by atoms with van der Waals surface area (Å²) in [6.07, 6.45) is 3.47. The average molecular weight is 355 g/mol. The lowest BCUT2D eigenvalue weighted by atomic mass is 9.87. The maximum Gasteiger partial charge on any atom is 0.311 e. The summed E-state index contributed by atoms with van der Waals surface area (Å²) in [5, 5.41) is 10.0. The normalized spacial score (nSPS) is 27.2. The fourth-order valence-corrected chi connectivity index (χ4v) is 4.49. The minimum Gasteiger partial charge on any atom is -0.469 e. The second-order valence-electron chi connectivity index (χ2n) is 6.83. The standard InChI is InChI=1S/C19H21N3O4/c1-26-19(25)17-13(11-23)15-10-21-14(3-2-4-16(21)24)18(17)22(15)9-12-5-7-20-8-6-12/h2-8,13,15,17-18,23H,9-11H2,1H3/t13-,15-,17+,18+/m1/s1. The van der Waals surface area contributed by atoms with Crippen LogP contribution in [0.25, 0.3) is 0 Å². The average Bonchev–Trinajstić information content (AvgIpc) is 2.87. The third-order valence-corrected chi connectivity index (χ3v) is 5.63. The van der Waals surface area contributed by atoms with Crippen LogP contribution in [-0.2, 0) is 22.6 Å². The lowest BCUT2D eigenvalue weighted by molar-refractivity contribution is -0.148. The van der Waals surface area contributed by atoms with E-state index in [2.05, 4.69) is 9.88 Å². The Balaban J connectivity index is 1.82. The van der Waals surface area contributed by atoms with Crippen molar-refractivity contribution in [3.05, 3.63) is 64.3 Å². The van der Waals surface area contributed by atoms with Gasteiger partial charge in [-0.3, -0.25) is 19.5 Å². The number of aliphatic hydroxyl groups is 1. The van der Waals surface area contributed by atoms with E-state index in [9.17, 15) is 14.7 Å². The zero-order valence-electron chi connectivity index (χ0n) is 14.5. The molecule has 7 heteroatoms. The maximum atomic E-state index is 12.6. The highest BCUT2D eigenvalue weighted by molar-refractivity contribution is 5.74. The van der Waals surface area contributed by atoms with Crippen molar-refractivity contribution in [2.24, 2.45) is 11.8 Å². The van der Waals surface area contributed by atoms with Gasteiger partial charge in [-0.2, -0.15) is 0 Å². The summed E-state index contributed by atoms with van der Waals surface area (Å²) < 4.78 is 6.77. The molecule has 0 saturated carbocycles. The molecule has 0 aliphatic carbocycles. The molecule has 1 N–H and O–H groups in total. The molecule has 26 heavy (non-hydrogen) atoms. The van der Waals surface area contributed by atoms with Crippen LogP contribution in [0.4, 0.5) is 0 Å². The fraction of sp³-hybridized carbons (Fsp3) is 0.421. The van der Waals surface area contributed by atoms with Crippen molar-refractivity contribution in [1.29, 1.82) is 0 Å². The molecule has 0 radical (unpaired) electrons. The van der Waals surface area contributed by atoms with Crippen molar-refractivity contribution in [2.75, 3.05) is 13.7 Å². The van der Waals surface area contributed by atoms with Crippen LogP contribution in [0.15, 0.2) is 47.5 Å². The Kier molecular flexibility index (Phi) is 4.34. The molecule has 2 aliphatic heterocycles. The van der Waals surface area contributed by atoms with Crippen molar-refractivity contribution in [2.45, 2.75) is 25.2 Å². The van der Waals surface area contributed by atoms with Gasteiger partial charge < -0.3 is 14.4 Å². The summed E-state index contributed by atoms with van der Waals surface area (Å²) >= 11 is 0. The smallest absolute Gasteiger partial charge is 0.311 e. The van der Waals surface area contributed by atoms with Gasteiger partial charge in [0.1, 0.15) is 0 Å². The number of fused-ring (bicyclic) bond motifs is 4. The number of methoxy groups -OCH3 is 1. The first-order valence-electron chi connectivity index (χ1n) is 8.68. The van der Waals surface area contributed by atoms with Gasteiger partial charge in [0.05, 0.1) is 19.1 Å². The second kappa shape index (κ2) is 6.66. The molecule has 2 aliphatic rings. The Morgan fingerprint density at radius 3 is 2.77 bits per heavy atom. The summed E-state index contributed by atoms with van der Waals surface area (Å²) in [5.41, 5.74) is 1.79. The van der Waals surface area contributed by atoms with Crippen molar-refractivity contribution in [1.82, 2.24) is 14.5 Å². The van der Waals surface area contributed by atoms with E-state index in [0.29, 0.717) is 13.1 Å². The van der Waals surface area contributed by atoms with Gasteiger partial charge in [0.2, 0.25) is 0 Å². The zero-order valence-corrected chi connectivity index (χ0v) is 14.5. The van der Waals surface area contributed by atoms with Crippen LogP contribution in [0.1, 0.15) is 17.3 Å². The van der Waals surface area contributed by atoms with Gasteiger partial charge in [0.25, 0.3) is 5.56 Å². The summed E-state index contributed by atoms with van der Waals surface area (Å²) in [7, 11) is 1.37. The number of carbonyl (C=O) groups is 1. The number of pyridine rings is 2. The van der Waals surface area contributed by atoms with Crippen molar-refractivity contribution >= 4 is 5.97 Å². The number of aliphatic hydroxyl groups excluding tert-OH is 1. The molecule has 0 unspecified atom stereocenters. The monoisotopic (exact) mass is 355 g/mol. The molecule has 4 heterocycles.